The van der Waals surface area contributed by atoms with E-state index >= 15 is 0 Å². The van der Waals surface area contributed by atoms with Gasteiger partial charge in [-0.25, -0.2) is 0 Å². The maximum absolute atomic E-state index is 11.5. The lowest BCUT2D eigenvalue weighted by atomic mass is 10.1. The number of carbonyl (C=O) groups excluding carboxylic acids is 4. The zero-order valence-corrected chi connectivity index (χ0v) is 15.4. The fourth-order valence-electron chi connectivity index (χ4n) is 2.50. The molecular weight excluding hydrogens is 352 g/mol. The molecule has 10 heteroatoms. The van der Waals surface area contributed by atoms with Crippen molar-refractivity contribution >= 4 is 23.9 Å². The van der Waals surface area contributed by atoms with Crippen LogP contribution in [0.4, 0.5) is 0 Å². The summed E-state index contributed by atoms with van der Waals surface area (Å²) < 4.78 is 31.5. The number of ether oxygens (including phenoxy) is 6. The Hall–Kier alpha value is -2.20. The summed E-state index contributed by atoms with van der Waals surface area (Å²) in [6, 6.07) is 0. The Morgan fingerprint density at radius 2 is 1.46 bits per heavy atom. The number of esters is 4. The van der Waals surface area contributed by atoms with Gasteiger partial charge in [0.25, 0.3) is 0 Å². The second-order valence-corrected chi connectivity index (χ2v) is 5.52. The van der Waals surface area contributed by atoms with Crippen LogP contribution in [0, 0.1) is 0 Å². The van der Waals surface area contributed by atoms with Crippen LogP contribution in [0.2, 0.25) is 0 Å². The van der Waals surface area contributed by atoms with Crippen LogP contribution in [0.3, 0.4) is 0 Å². The topological polar surface area (TPSA) is 124 Å². The Balaban J connectivity index is 3.13. The van der Waals surface area contributed by atoms with Gasteiger partial charge in [0, 0.05) is 34.3 Å². The third-order valence-electron chi connectivity index (χ3n) is 3.28. The maximum Gasteiger partial charge on any atom is 0.303 e. The smallest absolute Gasteiger partial charge is 0.303 e. The molecular formula is C16H24O10. The normalized spacial score (nSPS) is 25.9. The first-order valence-electron chi connectivity index (χ1n) is 8.07. The summed E-state index contributed by atoms with van der Waals surface area (Å²) in [6.45, 7) is 6.30. The first-order valence-corrected chi connectivity index (χ1v) is 8.07. The largest absolute Gasteiger partial charge is 0.462 e. The highest BCUT2D eigenvalue weighted by molar-refractivity contribution is 5.68. The van der Waals surface area contributed by atoms with E-state index in [1.54, 1.807) is 6.92 Å². The van der Waals surface area contributed by atoms with Gasteiger partial charge in [0.2, 0.25) is 0 Å². The molecule has 0 radical (unpaired) electrons. The predicted molar refractivity (Wildman–Crippen MR) is 83.6 cm³/mol. The Morgan fingerprint density at radius 3 is 1.92 bits per heavy atom. The summed E-state index contributed by atoms with van der Waals surface area (Å²) in [6.07, 6.45) is -5.40. The van der Waals surface area contributed by atoms with E-state index in [4.69, 9.17) is 28.4 Å². The number of carbonyl (C=O) groups is 4. The molecule has 0 saturated carbocycles. The van der Waals surface area contributed by atoms with E-state index in [-0.39, 0.29) is 13.2 Å². The lowest BCUT2D eigenvalue weighted by Gasteiger charge is -2.27. The van der Waals surface area contributed by atoms with Crippen molar-refractivity contribution in [2.24, 2.45) is 0 Å². The van der Waals surface area contributed by atoms with Gasteiger partial charge in [0.15, 0.2) is 24.6 Å². The average Bonchev–Trinajstić information content (AvgIpc) is 2.80. The van der Waals surface area contributed by atoms with E-state index in [1.807, 2.05) is 0 Å². The van der Waals surface area contributed by atoms with E-state index in [0.29, 0.717) is 0 Å². The molecule has 0 spiro atoms. The summed E-state index contributed by atoms with van der Waals surface area (Å²) in [5.41, 5.74) is 0. The molecule has 148 valence electrons. The molecule has 1 aliphatic rings. The van der Waals surface area contributed by atoms with E-state index in [1.165, 1.54) is 27.7 Å². The molecule has 5 atom stereocenters. The van der Waals surface area contributed by atoms with Gasteiger partial charge in [-0.3, -0.25) is 19.2 Å². The molecule has 10 nitrogen and oxygen atoms in total. The molecule has 1 aliphatic heterocycles. The van der Waals surface area contributed by atoms with Crippen LogP contribution in [0.15, 0.2) is 0 Å². The third kappa shape index (κ3) is 6.60. The summed E-state index contributed by atoms with van der Waals surface area (Å²) in [5, 5.41) is 0. The average molecular weight is 376 g/mol. The molecule has 0 unspecified atom stereocenters. The fraction of sp³-hybridized carbons (Fsp3) is 0.750. The molecule has 0 bridgehead atoms. The number of hydrogen-bond donors (Lipinski definition) is 0. The molecule has 1 rings (SSSR count). The lowest BCUT2D eigenvalue weighted by molar-refractivity contribution is -0.198. The van der Waals surface area contributed by atoms with Gasteiger partial charge < -0.3 is 28.4 Å². The molecule has 1 saturated heterocycles. The van der Waals surface area contributed by atoms with Crippen molar-refractivity contribution in [2.75, 3.05) is 13.2 Å². The standard InChI is InChI=1S/C16H24O10/c1-6-21-16-15(25-11(5)20)14(24-10(4)19)13(26-16)12(23-9(3)18)7-22-8(2)17/h12-16H,6-7H2,1-5H3/t12-,13-,14+,15-,16-/m1/s1. The second kappa shape index (κ2) is 10.1. The zero-order chi connectivity index (χ0) is 19.9. The van der Waals surface area contributed by atoms with Crippen LogP contribution in [-0.2, 0) is 47.6 Å². The summed E-state index contributed by atoms with van der Waals surface area (Å²) >= 11 is 0. The van der Waals surface area contributed by atoms with E-state index in [2.05, 4.69) is 0 Å². The SMILES string of the molecule is CCO[C@@H]1O[C@H]([C@@H](COC(C)=O)OC(C)=O)[C@H](OC(C)=O)[C@H]1OC(C)=O. The Morgan fingerprint density at radius 1 is 0.885 bits per heavy atom. The molecule has 0 N–H and O–H groups in total. The highest BCUT2D eigenvalue weighted by Crippen LogP contribution is 2.31. The molecule has 26 heavy (non-hydrogen) atoms. The van der Waals surface area contributed by atoms with Crippen molar-refractivity contribution in [3.8, 4) is 0 Å². The lowest BCUT2D eigenvalue weighted by Crippen LogP contribution is -2.46. The minimum atomic E-state index is -1.12. The molecule has 0 aliphatic carbocycles. The quantitative estimate of drug-likeness (QED) is 0.426. The van der Waals surface area contributed by atoms with E-state index in [0.717, 1.165) is 0 Å². The van der Waals surface area contributed by atoms with Gasteiger partial charge in [-0.1, -0.05) is 0 Å². The second-order valence-electron chi connectivity index (χ2n) is 5.52. The highest BCUT2D eigenvalue weighted by Gasteiger charge is 2.53. The van der Waals surface area contributed by atoms with Gasteiger partial charge in [-0.2, -0.15) is 0 Å². The summed E-state index contributed by atoms with van der Waals surface area (Å²) in [7, 11) is 0. The van der Waals surface area contributed by atoms with Gasteiger partial charge in [-0.15, -0.1) is 0 Å². The van der Waals surface area contributed by atoms with E-state index < -0.39 is 54.6 Å². The third-order valence-corrected chi connectivity index (χ3v) is 3.28. The van der Waals surface area contributed by atoms with Crippen molar-refractivity contribution in [3.05, 3.63) is 0 Å². The molecule has 1 heterocycles. The van der Waals surface area contributed by atoms with Gasteiger partial charge in [0.1, 0.15) is 12.7 Å². The maximum atomic E-state index is 11.5. The number of rotatable bonds is 8. The van der Waals surface area contributed by atoms with Crippen molar-refractivity contribution in [3.63, 3.8) is 0 Å². The fourth-order valence-corrected chi connectivity index (χ4v) is 2.50. The van der Waals surface area contributed by atoms with Crippen LogP contribution in [0.1, 0.15) is 34.6 Å². The van der Waals surface area contributed by atoms with Crippen LogP contribution >= 0.6 is 0 Å². The Labute approximate surface area is 151 Å². The monoisotopic (exact) mass is 376 g/mol. The van der Waals surface area contributed by atoms with Gasteiger partial charge in [0.05, 0.1) is 0 Å². The van der Waals surface area contributed by atoms with Crippen LogP contribution < -0.4 is 0 Å². The van der Waals surface area contributed by atoms with Crippen molar-refractivity contribution < 1.29 is 47.6 Å². The minimum Gasteiger partial charge on any atom is -0.462 e. The van der Waals surface area contributed by atoms with Crippen molar-refractivity contribution in [1.29, 1.82) is 0 Å². The number of hydrogen-bond acceptors (Lipinski definition) is 10. The molecule has 0 amide bonds. The Kier molecular flexibility index (Phi) is 8.46. The van der Waals surface area contributed by atoms with Crippen molar-refractivity contribution in [2.45, 2.75) is 65.3 Å². The first kappa shape index (κ1) is 21.8. The first-order chi connectivity index (χ1) is 12.1. The molecule has 0 aromatic carbocycles. The minimum absolute atomic E-state index is 0.226. The van der Waals surface area contributed by atoms with E-state index in [9.17, 15) is 19.2 Å². The highest BCUT2D eigenvalue weighted by atomic mass is 16.7. The summed E-state index contributed by atoms with van der Waals surface area (Å²) in [5.74, 6) is -2.55. The van der Waals surface area contributed by atoms with Gasteiger partial charge >= 0.3 is 23.9 Å². The van der Waals surface area contributed by atoms with Gasteiger partial charge in [-0.05, 0) is 6.92 Å². The molecule has 1 fully saturated rings. The Bertz CT molecular complexity index is 531. The molecule has 0 aromatic heterocycles. The van der Waals surface area contributed by atoms with Crippen molar-refractivity contribution in [1.82, 2.24) is 0 Å². The summed E-state index contributed by atoms with van der Waals surface area (Å²) in [4.78, 5) is 45.4. The predicted octanol–water partition coefficient (Wildman–Crippen LogP) is 0.106. The zero-order valence-electron chi connectivity index (χ0n) is 15.4. The van der Waals surface area contributed by atoms with Crippen LogP contribution in [0.5, 0.6) is 0 Å². The van der Waals surface area contributed by atoms with Crippen LogP contribution in [-0.4, -0.2) is 67.8 Å². The van der Waals surface area contributed by atoms with Crippen LogP contribution in [0.25, 0.3) is 0 Å². The molecule has 0 aromatic rings.